The van der Waals surface area contributed by atoms with E-state index in [9.17, 15) is 4.79 Å². The average Bonchev–Trinajstić information content (AvgIpc) is 2.47. The summed E-state index contributed by atoms with van der Waals surface area (Å²) in [6.45, 7) is 5.67. The van der Waals surface area contributed by atoms with Crippen LogP contribution >= 0.6 is 0 Å². The number of allylic oxidation sites excluding steroid dienone is 1. The van der Waals surface area contributed by atoms with Crippen molar-refractivity contribution in [2.24, 2.45) is 0 Å². The van der Waals surface area contributed by atoms with Crippen LogP contribution < -0.4 is 0 Å². The third-order valence-electron chi connectivity index (χ3n) is 3.34. The van der Waals surface area contributed by atoms with Crippen molar-refractivity contribution in [1.82, 2.24) is 0 Å². The molecule has 0 aromatic carbocycles. The SMILES string of the molecule is CCOC(=O)/C(C)=C/CCCCCOC1CCCCO1. The van der Waals surface area contributed by atoms with E-state index in [1.54, 1.807) is 0 Å². The van der Waals surface area contributed by atoms with Gasteiger partial charge in [-0.05, 0) is 52.4 Å². The topological polar surface area (TPSA) is 44.8 Å². The molecule has 1 aliphatic rings. The van der Waals surface area contributed by atoms with E-state index < -0.39 is 0 Å². The van der Waals surface area contributed by atoms with Gasteiger partial charge in [-0.2, -0.15) is 0 Å². The molecule has 1 saturated heterocycles. The average molecular weight is 284 g/mol. The summed E-state index contributed by atoms with van der Waals surface area (Å²) in [5, 5.41) is 0. The number of rotatable bonds is 9. The minimum atomic E-state index is -0.203. The Morgan fingerprint density at radius 1 is 1.30 bits per heavy atom. The van der Waals surface area contributed by atoms with Crippen molar-refractivity contribution in [2.75, 3.05) is 19.8 Å². The Morgan fingerprint density at radius 3 is 2.85 bits per heavy atom. The number of hydrogen-bond acceptors (Lipinski definition) is 4. The van der Waals surface area contributed by atoms with Crippen LogP contribution in [0, 0.1) is 0 Å². The summed E-state index contributed by atoms with van der Waals surface area (Å²) in [6.07, 6.45) is 9.54. The molecule has 0 aromatic rings. The highest BCUT2D eigenvalue weighted by Gasteiger charge is 2.13. The number of ether oxygens (including phenoxy) is 3. The lowest BCUT2D eigenvalue weighted by atomic mass is 10.1. The Hall–Kier alpha value is -0.870. The van der Waals surface area contributed by atoms with Crippen LogP contribution in [0.25, 0.3) is 0 Å². The van der Waals surface area contributed by atoms with E-state index >= 15 is 0 Å². The van der Waals surface area contributed by atoms with Gasteiger partial charge in [0.1, 0.15) is 0 Å². The molecule has 0 aromatic heterocycles. The van der Waals surface area contributed by atoms with Gasteiger partial charge in [0.25, 0.3) is 0 Å². The molecule has 0 spiro atoms. The largest absolute Gasteiger partial charge is 0.463 e. The molecule has 0 aliphatic carbocycles. The first kappa shape index (κ1) is 17.2. The van der Waals surface area contributed by atoms with Crippen molar-refractivity contribution in [3.63, 3.8) is 0 Å². The Balaban J connectivity index is 1.96. The molecule has 0 saturated carbocycles. The number of carbonyl (C=O) groups excluding carboxylic acids is 1. The summed E-state index contributed by atoms with van der Waals surface area (Å²) in [5.74, 6) is -0.203. The zero-order chi connectivity index (χ0) is 14.6. The summed E-state index contributed by atoms with van der Waals surface area (Å²) >= 11 is 0. The van der Waals surface area contributed by atoms with Gasteiger partial charge in [-0.25, -0.2) is 4.79 Å². The molecule has 0 radical (unpaired) electrons. The summed E-state index contributed by atoms with van der Waals surface area (Å²) in [4.78, 5) is 11.4. The van der Waals surface area contributed by atoms with Crippen molar-refractivity contribution in [3.8, 4) is 0 Å². The summed E-state index contributed by atoms with van der Waals surface area (Å²) in [7, 11) is 0. The minimum absolute atomic E-state index is 0.0229. The van der Waals surface area contributed by atoms with Crippen LogP contribution in [0.1, 0.15) is 58.8 Å². The lowest BCUT2D eigenvalue weighted by Gasteiger charge is -2.22. The first-order valence-corrected chi connectivity index (χ1v) is 7.81. The number of esters is 1. The third-order valence-corrected chi connectivity index (χ3v) is 3.34. The van der Waals surface area contributed by atoms with E-state index in [0.717, 1.165) is 51.7 Å². The molecule has 0 amide bonds. The monoisotopic (exact) mass is 284 g/mol. The molecule has 1 rings (SSSR count). The molecule has 0 bridgehead atoms. The zero-order valence-corrected chi connectivity index (χ0v) is 12.9. The van der Waals surface area contributed by atoms with E-state index in [-0.39, 0.29) is 12.3 Å². The molecule has 1 fully saturated rings. The maximum atomic E-state index is 11.4. The molecule has 1 heterocycles. The Morgan fingerprint density at radius 2 is 2.15 bits per heavy atom. The number of unbranched alkanes of at least 4 members (excludes halogenated alkanes) is 3. The van der Waals surface area contributed by atoms with Crippen molar-refractivity contribution >= 4 is 5.97 Å². The smallest absolute Gasteiger partial charge is 0.333 e. The van der Waals surface area contributed by atoms with Crippen molar-refractivity contribution in [2.45, 2.75) is 65.1 Å². The van der Waals surface area contributed by atoms with E-state index in [0.29, 0.717) is 12.2 Å². The summed E-state index contributed by atoms with van der Waals surface area (Å²) in [5.41, 5.74) is 0.707. The van der Waals surface area contributed by atoms with Crippen LogP contribution in [0.2, 0.25) is 0 Å². The van der Waals surface area contributed by atoms with E-state index in [1.165, 1.54) is 6.42 Å². The summed E-state index contributed by atoms with van der Waals surface area (Å²) in [6, 6.07) is 0. The predicted molar refractivity (Wildman–Crippen MR) is 78.4 cm³/mol. The van der Waals surface area contributed by atoms with Crippen LogP contribution in [-0.4, -0.2) is 32.1 Å². The van der Waals surface area contributed by atoms with Crippen LogP contribution in [-0.2, 0) is 19.0 Å². The molecule has 1 atom stereocenters. The Kier molecular flexibility index (Phi) is 9.33. The zero-order valence-electron chi connectivity index (χ0n) is 12.9. The highest BCUT2D eigenvalue weighted by atomic mass is 16.7. The van der Waals surface area contributed by atoms with Crippen LogP contribution in [0.5, 0.6) is 0 Å². The van der Waals surface area contributed by atoms with Crippen molar-refractivity contribution in [1.29, 1.82) is 0 Å². The van der Waals surface area contributed by atoms with Gasteiger partial charge in [-0.3, -0.25) is 0 Å². The van der Waals surface area contributed by atoms with E-state index in [1.807, 2.05) is 19.9 Å². The molecule has 116 valence electrons. The van der Waals surface area contributed by atoms with Crippen molar-refractivity contribution in [3.05, 3.63) is 11.6 Å². The van der Waals surface area contributed by atoms with Gasteiger partial charge in [0, 0.05) is 18.8 Å². The maximum absolute atomic E-state index is 11.4. The fraction of sp³-hybridized carbons (Fsp3) is 0.812. The fourth-order valence-corrected chi connectivity index (χ4v) is 2.13. The lowest BCUT2D eigenvalue weighted by Crippen LogP contribution is -2.22. The molecule has 1 unspecified atom stereocenters. The van der Waals surface area contributed by atoms with E-state index in [2.05, 4.69) is 0 Å². The Bertz CT molecular complexity index is 293. The van der Waals surface area contributed by atoms with Crippen LogP contribution in [0.3, 0.4) is 0 Å². The second kappa shape index (κ2) is 10.9. The third kappa shape index (κ3) is 7.65. The van der Waals surface area contributed by atoms with Gasteiger partial charge in [0.2, 0.25) is 0 Å². The molecule has 20 heavy (non-hydrogen) atoms. The standard InChI is InChI=1S/C16H28O4/c1-3-18-16(17)14(2)10-6-4-5-8-12-19-15-11-7-9-13-20-15/h10,15H,3-9,11-13H2,1-2H3/b14-10+. The first-order chi connectivity index (χ1) is 9.74. The maximum Gasteiger partial charge on any atom is 0.333 e. The van der Waals surface area contributed by atoms with Gasteiger partial charge in [0.15, 0.2) is 6.29 Å². The van der Waals surface area contributed by atoms with Crippen LogP contribution in [0.4, 0.5) is 0 Å². The quantitative estimate of drug-likeness (QED) is 0.369. The summed E-state index contributed by atoms with van der Waals surface area (Å²) < 4.78 is 16.1. The first-order valence-electron chi connectivity index (χ1n) is 7.81. The second-order valence-corrected chi connectivity index (χ2v) is 5.12. The van der Waals surface area contributed by atoms with Gasteiger partial charge >= 0.3 is 5.97 Å². The lowest BCUT2D eigenvalue weighted by molar-refractivity contribution is -0.162. The predicted octanol–water partition coefficient (Wildman–Crippen LogP) is 3.60. The fourth-order valence-electron chi connectivity index (χ4n) is 2.13. The molecular weight excluding hydrogens is 256 g/mol. The number of hydrogen-bond donors (Lipinski definition) is 0. The highest BCUT2D eigenvalue weighted by molar-refractivity contribution is 5.87. The normalized spacial score (nSPS) is 19.9. The van der Waals surface area contributed by atoms with Gasteiger partial charge in [-0.15, -0.1) is 0 Å². The Labute approximate surface area is 122 Å². The highest BCUT2D eigenvalue weighted by Crippen LogP contribution is 2.14. The van der Waals surface area contributed by atoms with Gasteiger partial charge in [-0.1, -0.05) is 12.5 Å². The molecule has 1 aliphatic heterocycles. The van der Waals surface area contributed by atoms with Crippen LogP contribution in [0.15, 0.2) is 11.6 Å². The van der Waals surface area contributed by atoms with E-state index in [4.69, 9.17) is 14.2 Å². The molecule has 4 heteroatoms. The minimum Gasteiger partial charge on any atom is -0.463 e. The molecule has 4 nitrogen and oxygen atoms in total. The van der Waals surface area contributed by atoms with Gasteiger partial charge < -0.3 is 14.2 Å². The number of carbonyl (C=O) groups is 1. The molecule has 0 N–H and O–H groups in total. The van der Waals surface area contributed by atoms with Crippen molar-refractivity contribution < 1.29 is 19.0 Å². The van der Waals surface area contributed by atoms with Gasteiger partial charge in [0.05, 0.1) is 6.61 Å². The molecular formula is C16H28O4. The second-order valence-electron chi connectivity index (χ2n) is 5.12.